The molecule has 3 aromatic rings. The van der Waals surface area contributed by atoms with Gasteiger partial charge in [-0.05, 0) is 31.2 Å². The second-order valence-corrected chi connectivity index (χ2v) is 6.33. The molecule has 0 bridgehead atoms. The summed E-state index contributed by atoms with van der Waals surface area (Å²) in [7, 11) is 0. The van der Waals surface area contributed by atoms with Crippen LogP contribution in [0.2, 0.25) is 5.02 Å². The third-order valence-electron chi connectivity index (χ3n) is 3.06. The van der Waals surface area contributed by atoms with Crippen LogP contribution in [0.1, 0.15) is 21.8 Å². The third kappa shape index (κ3) is 3.96. The predicted octanol–water partition coefficient (Wildman–Crippen LogP) is 4.54. The number of halogens is 1. The van der Waals surface area contributed by atoms with E-state index in [-0.39, 0.29) is 6.61 Å². The highest BCUT2D eigenvalue weighted by Crippen LogP contribution is 2.33. The fourth-order valence-electron chi connectivity index (χ4n) is 1.96. The molecule has 0 aliphatic heterocycles. The van der Waals surface area contributed by atoms with E-state index in [4.69, 9.17) is 20.9 Å². The Morgan fingerprint density at radius 2 is 2.12 bits per heavy atom. The lowest BCUT2D eigenvalue weighted by atomic mass is 10.3. The van der Waals surface area contributed by atoms with E-state index in [9.17, 15) is 4.79 Å². The highest BCUT2D eigenvalue weighted by atomic mass is 35.5. The molecule has 0 atom stereocenters. The molecule has 0 aliphatic carbocycles. The summed E-state index contributed by atoms with van der Waals surface area (Å²) < 4.78 is 10.2. The summed E-state index contributed by atoms with van der Waals surface area (Å²) in [5.41, 5.74) is 0.938. The van der Waals surface area contributed by atoms with Crippen molar-refractivity contribution >= 4 is 29.3 Å². The minimum absolute atomic E-state index is 0.0429. The van der Waals surface area contributed by atoms with Crippen molar-refractivity contribution in [2.45, 2.75) is 23.5 Å². The molecule has 0 fully saturated rings. The van der Waals surface area contributed by atoms with Crippen LogP contribution >= 0.6 is 23.4 Å². The number of carbonyl (C=O) groups is 1. The number of nitrogens with zero attached hydrogens (tertiary/aromatic N) is 2. The molecular weight excluding hydrogens is 348 g/mol. The highest BCUT2D eigenvalue weighted by Gasteiger charge is 2.16. The molecular formula is C17H13ClN2O3S. The van der Waals surface area contributed by atoms with Crippen molar-refractivity contribution in [2.75, 3.05) is 0 Å². The Bertz CT molecular complexity index is 866. The van der Waals surface area contributed by atoms with Gasteiger partial charge in [0.05, 0.1) is 10.6 Å². The summed E-state index contributed by atoms with van der Waals surface area (Å²) in [6.45, 7) is 1.82. The smallest absolute Gasteiger partial charge is 0.341 e. The zero-order valence-electron chi connectivity index (χ0n) is 12.7. The van der Waals surface area contributed by atoms with Crippen molar-refractivity contribution in [3.63, 3.8) is 0 Å². The molecule has 0 saturated heterocycles. The number of aromatic nitrogens is 2. The first-order valence-corrected chi connectivity index (χ1v) is 8.29. The van der Waals surface area contributed by atoms with Crippen LogP contribution in [-0.2, 0) is 11.3 Å². The number of rotatable bonds is 5. The third-order valence-corrected chi connectivity index (χ3v) is 4.60. The van der Waals surface area contributed by atoms with Crippen molar-refractivity contribution in [1.82, 2.24) is 10.1 Å². The molecule has 0 aliphatic rings. The summed E-state index contributed by atoms with van der Waals surface area (Å²) >= 11 is 7.48. The largest absolute Gasteiger partial charge is 0.455 e. The first kappa shape index (κ1) is 16.5. The normalized spacial score (nSPS) is 10.6. The average molecular weight is 361 g/mol. The van der Waals surface area contributed by atoms with Crippen LogP contribution in [0.3, 0.4) is 0 Å². The first-order chi connectivity index (χ1) is 11.6. The lowest BCUT2D eigenvalue weighted by Crippen LogP contribution is -2.07. The lowest BCUT2D eigenvalue weighted by molar-refractivity contribution is 0.0459. The zero-order valence-corrected chi connectivity index (χ0v) is 14.3. The summed E-state index contributed by atoms with van der Waals surface area (Å²) in [5, 5.41) is 4.93. The van der Waals surface area contributed by atoms with Gasteiger partial charge in [-0.2, -0.15) is 0 Å². The van der Waals surface area contributed by atoms with Gasteiger partial charge in [-0.1, -0.05) is 40.7 Å². The molecule has 0 unspecified atom stereocenters. The Labute approximate surface area is 148 Å². The van der Waals surface area contributed by atoms with E-state index >= 15 is 0 Å². The van der Waals surface area contributed by atoms with E-state index in [1.165, 1.54) is 11.8 Å². The van der Waals surface area contributed by atoms with E-state index < -0.39 is 5.97 Å². The van der Waals surface area contributed by atoms with Gasteiger partial charge in [0, 0.05) is 17.2 Å². The summed E-state index contributed by atoms with van der Waals surface area (Å²) in [6, 6.07) is 12.5. The number of pyridine rings is 1. The quantitative estimate of drug-likeness (QED) is 0.622. The molecule has 0 radical (unpaired) electrons. The van der Waals surface area contributed by atoms with E-state index in [2.05, 4.69) is 10.1 Å². The molecule has 0 saturated carbocycles. The minimum Gasteiger partial charge on any atom is -0.455 e. The number of benzene rings is 1. The summed E-state index contributed by atoms with van der Waals surface area (Å²) in [4.78, 5) is 17.4. The first-order valence-electron chi connectivity index (χ1n) is 7.10. The number of aryl methyl sites for hydroxylation is 1. The fraction of sp³-hybridized carbons (Fsp3) is 0.118. The van der Waals surface area contributed by atoms with Gasteiger partial charge in [0.25, 0.3) is 0 Å². The molecule has 122 valence electrons. The lowest BCUT2D eigenvalue weighted by Gasteiger charge is -2.08. The molecule has 7 heteroatoms. The average Bonchev–Trinajstić information content (AvgIpc) is 3.01. The molecule has 2 aromatic heterocycles. The number of ether oxygens (including phenoxy) is 1. The Morgan fingerprint density at radius 1 is 1.29 bits per heavy atom. The highest BCUT2D eigenvalue weighted by molar-refractivity contribution is 7.99. The van der Waals surface area contributed by atoms with Crippen LogP contribution in [0, 0.1) is 6.92 Å². The van der Waals surface area contributed by atoms with Crippen LogP contribution < -0.4 is 0 Å². The fourth-order valence-corrected chi connectivity index (χ4v) is 3.11. The van der Waals surface area contributed by atoms with Crippen molar-refractivity contribution in [1.29, 1.82) is 0 Å². The molecule has 24 heavy (non-hydrogen) atoms. The van der Waals surface area contributed by atoms with Gasteiger partial charge in [0.15, 0.2) is 0 Å². The van der Waals surface area contributed by atoms with Gasteiger partial charge in [-0.25, -0.2) is 9.78 Å². The molecule has 1 aromatic carbocycles. The molecule has 3 rings (SSSR count). The van der Waals surface area contributed by atoms with Crippen LogP contribution in [-0.4, -0.2) is 16.1 Å². The summed E-state index contributed by atoms with van der Waals surface area (Å²) in [6.07, 6.45) is 1.62. The van der Waals surface area contributed by atoms with Crippen LogP contribution in [0.5, 0.6) is 0 Å². The number of hydrogen-bond acceptors (Lipinski definition) is 6. The number of esters is 1. The zero-order chi connectivity index (χ0) is 16.9. The van der Waals surface area contributed by atoms with Gasteiger partial charge in [0.1, 0.15) is 23.1 Å². The van der Waals surface area contributed by atoms with E-state index in [0.717, 1.165) is 4.90 Å². The topological polar surface area (TPSA) is 65.2 Å². The summed E-state index contributed by atoms with van der Waals surface area (Å²) in [5.74, 6) is 0.190. The SMILES string of the molecule is Cc1cc(COC(=O)c2cccnc2Sc2ccccc2Cl)no1. The van der Waals surface area contributed by atoms with Crippen molar-refractivity contribution in [3.8, 4) is 0 Å². The van der Waals surface area contributed by atoms with Gasteiger partial charge < -0.3 is 9.26 Å². The van der Waals surface area contributed by atoms with E-state index in [0.29, 0.717) is 27.1 Å². The molecule has 0 spiro atoms. The van der Waals surface area contributed by atoms with Gasteiger partial charge in [-0.15, -0.1) is 0 Å². The minimum atomic E-state index is -0.474. The monoisotopic (exact) mass is 360 g/mol. The predicted molar refractivity (Wildman–Crippen MR) is 90.2 cm³/mol. The van der Waals surface area contributed by atoms with Crippen LogP contribution in [0.4, 0.5) is 0 Å². The second kappa shape index (κ2) is 7.51. The van der Waals surface area contributed by atoms with Crippen LogP contribution in [0.15, 0.2) is 63.1 Å². The van der Waals surface area contributed by atoms with Gasteiger partial charge in [-0.3, -0.25) is 0 Å². The van der Waals surface area contributed by atoms with Crippen molar-refractivity contribution in [3.05, 3.63) is 70.7 Å². The maximum Gasteiger partial charge on any atom is 0.341 e. The Kier molecular flexibility index (Phi) is 5.17. The molecule has 0 amide bonds. The molecule has 2 heterocycles. The number of hydrogen-bond donors (Lipinski definition) is 0. The Morgan fingerprint density at radius 3 is 2.88 bits per heavy atom. The Balaban J connectivity index is 1.76. The number of carbonyl (C=O) groups excluding carboxylic acids is 1. The molecule has 0 N–H and O–H groups in total. The van der Waals surface area contributed by atoms with Crippen LogP contribution in [0.25, 0.3) is 0 Å². The van der Waals surface area contributed by atoms with E-state index in [1.807, 2.05) is 18.2 Å². The van der Waals surface area contributed by atoms with Crippen molar-refractivity contribution in [2.24, 2.45) is 0 Å². The maximum absolute atomic E-state index is 12.4. The standard InChI is InChI=1S/C17H13ClN2O3S/c1-11-9-12(20-23-11)10-22-17(21)13-5-4-8-19-16(13)24-15-7-3-2-6-14(15)18/h2-9H,10H2,1H3. The molecule has 5 nitrogen and oxygen atoms in total. The van der Waals surface area contributed by atoms with Gasteiger partial charge in [0.2, 0.25) is 0 Å². The maximum atomic E-state index is 12.4. The van der Waals surface area contributed by atoms with Gasteiger partial charge >= 0.3 is 5.97 Å². The van der Waals surface area contributed by atoms with Crippen molar-refractivity contribution < 1.29 is 14.1 Å². The second-order valence-electron chi connectivity index (χ2n) is 4.89. The van der Waals surface area contributed by atoms with E-state index in [1.54, 1.807) is 37.4 Å². The Hall–Kier alpha value is -2.31.